The van der Waals surface area contributed by atoms with Crippen molar-refractivity contribution in [2.45, 2.75) is 131 Å². The van der Waals surface area contributed by atoms with Gasteiger partial charge < -0.3 is 29.4 Å². The van der Waals surface area contributed by atoms with Crippen LogP contribution in [0.15, 0.2) is 58.4 Å². The second-order valence-electron chi connectivity index (χ2n) is 18.1. The first kappa shape index (κ1) is 40.9. The van der Waals surface area contributed by atoms with Gasteiger partial charge in [0.05, 0.1) is 25.7 Å². The molecule has 1 amide bonds. The third-order valence-electron chi connectivity index (χ3n) is 14.5. The molecule has 2 heterocycles. The quantitative estimate of drug-likeness (QED) is 0.0959. The predicted octanol–water partition coefficient (Wildman–Crippen LogP) is 7.58. The number of carbonyl (C=O) groups excluding carboxylic acids is 3. The maximum atomic E-state index is 15.0. The van der Waals surface area contributed by atoms with E-state index in [1.54, 1.807) is 6.92 Å². The molecule has 1 saturated carbocycles. The van der Waals surface area contributed by atoms with E-state index in [-0.39, 0.29) is 53.8 Å². The number of aliphatic hydroxyl groups is 1. The van der Waals surface area contributed by atoms with Gasteiger partial charge in [-0.2, -0.15) is 0 Å². The van der Waals surface area contributed by atoms with Crippen LogP contribution in [-0.2, 0) is 28.5 Å². The molecule has 0 aromatic carbocycles. The number of nitrogens with one attached hydrogen (secondary N) is 1. The first-order chi connectivity index (χ1) is 25.7. The van der Waals surface area contributed by atoms with Crippen molar-refractivity contribution in [2.24, 2.45) is 52.8 Å². The average molecular weight is 765 g/mol. The van der Waals surface area contributed by atoms with Gasteiger partial charge in [-0.3, -0.25) is 14.9 Å². The maximum Gasteiger partial charge on any atom is 0.407 e. The van der Waals surface area contributed by atoms with E-state index in [1.165, 1.54) is 14.0 Å². The molecule has 6 rings (SSSR count). The summed E-state index contributed by atoms with van der Waals surface area (Å²) in [5, 5.41) is 27.9. The molecule has 15 atom stereocenters. The number of nitrogens with zero attached hydrogens (tertiary/aromatic N) is 1. The first-order valence-corrected chi connectivity index (χ1v) is 19.9. The summed E-state index contributed by atoms with van der Waals surface area (Å²) in [6, 6.07) is -0.989. The van der Waals surface area contributed by atoms with Crippen LogP contribution in [0.5, 0.6) is 0 Å². The van der Waals surface area contributed by atoms with Gasteiger partial charge in [-0.05, 0) is 81.6 Å². The van der Waals surface area contributed by atoms with Crippen LogP contribution in [0.2, 0.25) is 0 Å². The zero-order valence-electron chi connectivity index (χ0n) is 34.2. The standard InChI is InChI=1S/C43H60N2O10/c1-21-16-24(4)31-18-25(5)32(54-33-20-41(9,45(50)51)36(28(8)53-33)44-40(49)52-11)15-12-22(2)30-14-13-29-27(7)23(3)17-26(6)35(29)42(30,10)37(46)34-38(47)43(31,19-21)55-39(34)48/h12-14,16,18,23-24,26-33,35-36,46H,15,17,19-20H2,1-11H3,(H,44,49)/b22-12+,25-18+,37-34?. The molecule has 2 bridgehead atoms. The Balaban J connectivity index is 1.50. The van der Waals surface area contributed by atoms with Crippen molar-refractivity contribution in [3.63, 3.8) is 0 Å². The molecular formula is C43H60N2O10. The molecule has 4 aliphatic carbocycles. The zero-order chi connectivity index (χ0) is 40.5. The highest BCUT2D eigenvalue weighted by atomic mass is 16.7. The normalized spacial score (nSPS) is 46.4. The van der Waals surface area contributed by atoms with E-state index in [0.29, 0.717) is 18.3 Å². The van der Waals surface area contributed by atoms with E-state index in [1.807, 2.05) is 40.7 Å². The molecule has 0 aromatic heterocycles. The van der Waals surface area contributed by atoms with Crippen LogP contribution in [0.25, 0.3) is 0 Å². The van der Waals surface area contributed by atoms with Gasteiger partial charge in [-0.1, -0.05) is 76.1 Å². The highest BCUT2D eigenvalue weighted by Crippen LogP contribution is 2.61. The number of rotatable bonds is 4. The van der Waals surface area contributed by atoms with E-state index in [4.69, 9.17) is 18.9 Å². The van der Waals surface area contributed by atoms with Gasteiger partial charge in [0, 0.05) is 35.5 Å². The smallest absolute Gasteiger partial charge is 0.407 e. The maximum absolute atomic E-state index is 15.0. The average Bonchev–Trinajstić information content (AvgIpc) is 3.35. The number of hydrogen-bond donors (Lipinski definition) is 2. The second kappa shape index (κ2) is 14.6. The van der Waals surface area contributed by atoms with Crippen LogP contribution in [0, 0.1) is 62.9 Å². The van der Waals surface area contributed by atoms with Gasteiger partial charge in [-0.25, -0.2) is 9.59 Å². The molecule has 2 saturated heterocycles. The monoisotopic (exact) mass is 764 g/mol. The molecule has 0 radical (unpaired) electrons. The fourth-order valence-corrected chi connectivity index (χ4v) is 11.5. The summed E-state index contributed by atoms with van der Waals surface area (Å²) in [6.07, 6.45) is 8.62. The second-order valence-corrected chi connectivity index (χ2v) is 18.1. The van der Waals surface area contributed by atoms with Gasteiger partial charge >= 0.3 is 12.1 Å². The van der Waals surface area contributed by atoms with Crippen molar-refractivity contribution in [1.82, 2.24) is 5.32 Å². The van der Waals surface area contributed by atoms with E-state index < -0.39 is 69.8 Å². The van der Waals surface area contributed by atoms with Crippen molar-refractivity contribution in [3.05, 3.63) is 68.5 Å². The molecule has 302 valence electrons. The number of alkyl carbamates (subject to hydrolysis) is 1. The van der Waals surface area contributed by atoms with Crippen LogP contribution in [-0.4, -0.2) is 70.7 Å². The number of amides is 1. The Bertz CT molecular complexity index is 1780. The molecule has 1 spiro atoms. The number of ether oxygens (including phenoxy) is 4. The number of aliphatic hydroxyl groups excluding tert-OH is 1. The number of allylic oxidation sites excluding steroid dienone is 5. The number of hydrogen-bond acceptors (Lipinski definition) is 10. The number of Topliss-reactive ketones (excluding diaryl/α,β-unsaturated/α-hetero) is 1. The fraction of sp³-hybridized carbons (Fsp3) is 0.698. The van der Waals surface area contributed by atoms with Crippen LogP contribution in [0.1, 0.15) is 94.9 Å². The molecule has 15 unspecified atom stereocenters. The molecular weight excluding hydrogens is 704 g/mol. The lowest BCUT2D eigenvalue weighted by atomic mass is 9.48. The van der Waals surface area contributed by atoms with E-state index in [2.05, 4.69) is 50.4 Å². The van der Waals surface area contributed by atoms with Gasteiger partial charge in [0.2, 0.25) is 11.3 Å². The third kappa shape index (κ3) is 6.58. The summed E-state index contributed by atoms with van der Waals surface area (Å²) in [5.41, 5.74) is -1.85. The Labute approximate surface area is 325 Å². The Kier molecular flexibility index (Phi) is 10.9. The summed E-state index contributed by atoms with van der Waals surface area (Å²) in [4.78, 5) is 53.6. The SMILES string of the molecule is COC(=O)NC1C(C)OC(OC2C/C=C(\C)C3C=CC4C(C)C(C)CC(C)C4C3(C)C(O)=C3C(=O)OC4(CC(C)=CC(C)C4/C=C/2C)C3=O)CC1(C)[N+](=O)[O-]. The van der Waals surface area contributed by atoms with Gasteiger partial charge in [-0.15, -0.1) is 0 Å². The van der Waals surface area contributed by atoms with Crippen molar-refractivity contribution in [2.75, 3.05) is 7.11 Å². The number of ketones is 1. The number of nitro groups is 1. The van der Waals surface area contributed by atoms with Crippen LogP contribution < -0.4 is 5.32 Å². The van der Waals surface area contributed by atoms with E-state index >= 15 is 4.79 Å². The Morgan fingerprint density at radius 2 is 1.73 bits per heavy atom. The minimum absolute atomic E-state index is 0.0649. The minimum atomic E-state index is -1.64. The highest BCUT2D eigenvalue weighted by Gasteiger charge is 2.63. The van der Waals surface area contributed by atoms with Crippen molar-refractivity contribution in [1.29, 1.82) is 0 Å². The third-order valence-corrected chi connectivity index (χ3v) is 14.5. The lowest BCUT2D eigenvalue weighted by Gasteiger charge is -2.56. The van der Waals surface area contributed by atoms with E-state index in [9.17, 15) is 24.8 Å². The minimum Gasteiger partial charge on any atom is -0.511 e. The molecule has 0 aromatic rings. The molecule has 55 heavy (non-hydrogen) atoms. The molecule has 6 aliphatic rings. The molecule has 3 fully saturated rings. The Morgan fingerprint density at radius 1 is 1.04 bits per heavy atom. The zero-order valence-corrected chi connectivity index (χ0v) is 34.2. The molecule has 12 nitrogen and oxygen atoms in total. The number of esters is 1. The molecule has 12 heteroatoms. The van der Waals surface area contributed by atoms with Gasteiger partial charge in [0.25, 0.3) is 0 Å². The van der Waals surface area contributed by atoms with Crippen molar-refractivity contribution >= 4 is 17.8 Å². The van der Waals surface area contributed by atoms with Gasteiger partial charge in [0.1, 0.15) is 17.4 Å². The lowest BCUT2D eigenvalue weighted by Crippen LogP contribution is -2.65. The number of methoxy groups -OCH3 is 1. The lowest BCUT2D eigenvalue weighted by molar-refractivity contribution is -0.584. The summed E-state index contributed by atoms with van der Waals surface area (Å²) in [5.74, 6) is -1.60. The predicted molar refractivity (Wildman–Crippen MR) is 205 cm³/mol. The number of carbonyl (C=O) groups is 3. The molecule has 2 N–H and O–H groups in total. The van der Waals surface area contributed by atoms with E-state index in [0.717, 1.165) is 23.1 Å². The largest absolute Gasteiger partial charge is 0.511 e. The van der Waals surface area contributed by atoms with Crippen LogP contribution >= 0.6 is 0 Å². The topological polar surface area (TPSA) is 164 Å². The fourth-order valence-electron chi connectivity index (χ4n) is 11.5. The summed E-state index contributed by atoms with van der Waals surface area (Å²) in [7, 11) is 1.20. The van der Waals surface area contributed by atoms with Crippen LogP contribution in [0.4, 0.5) is 4.79 Å². The van der Waals surface area contributed by atoms with Crippen molar-refractivity contribution < 1.29 is 43.4 Å². The van der Waals surface area contributed by atoms with Crippen LogP contribution in [0.3, 0.4) is 0 Å². The summed E-state index contributed by atoms with van der Waals surface area (Å²) >= 11 is 0. The summed E-state index contributed by atoms with van der Waals surface area (Å²) in [6.45, 7) is 19.7. The Morgan fingerprint density at radius 3 is 2.38 bits per heavy atom. The summed E-state index contributed by atoms with van der Waals surface area (Å²) < 4.78 is 24.0. The first-order valence-electron chi connectivity index (χ1n) is 19.9. The molecule has 2 aliphatic heterocycles. The number of fused-ring (bicyclic) bond motifs is 4. The van der Waals surface area contributed by atoms with Crippen molar-refractivity contribution in [3.8, 4) is 0 Å². The highest BCUT2D eigenvalue weighted by molar-refractivity contribution is 6.26. The Hall–Kier alpha value is -3.77. The van der Waals surface area contributed by atoms with Gasteiger partial charge in [0.15, 0.2) is 11.9 Å².